The fraction of sp³-hybridized carbons (Fsp3) is 0.176. The van der Waals surface area contributed by atoms with E-state index in [0.717, 1.165) is 10.0 Å². The molecule has 0 aliphatic carbocycles. The monoisotopic (exact) mass is 436 g/mol. The van der Waals surface area contributed by atoms with Crippen LogP contribution in [0.2, 0.25) is 0 Å². The average Bonchev–Trinajstić information content (AvgIpc) is 2.76. The lowest BCUT2D eigenvalue weighted by Gasteiger charge is -2.24. The topological polar surface area (TPSA) is 40.6 Å². The Morgan fingerprint density at radius 3 is 2.43 bits per heavy atom. The van der Waals surface area contributed by atoms with Gasteiger partial charge in [0.1, 0.15) is 0 Å². The summed E-state index contributed by atoms with van der Waals surface area (Å²) >= 11 is 6.77. The Bertz CT molecular complexity index is 775. The fourth-order valence-electron chi connectivity index (χ4n) is 2.63. The Balaban J connectivity index is 1.78. The SMILES string of the molecule is CN(Cc1ccc(Br)cc1)CN1C(=O)C(=O)c2c(Br)cccc21. The summed E-state index contributed by atoms with van der Waals surface area (Å²) in [5.41, 5.74) is 2.26. The van der Waals surface area contributed by atoms with Crippen LogP contribution in [-0.4, -0.2) is 30.3 Å². The number of ketones is 1. The Labute approximate surface area is 151 Å². The van der Waals surface area contributed by atoms with Gasteiger partial charge in [0.05, 0.1) is 17.9 Å². The molecule has 0 aromatic heterocycles. The van der Waals surface area contributed by atoms with E-state index < -0.39 is 11.7 Å². The molecule has 1 aliphatic rings. The first-order chi connectivity index (χ1) is 11.0. The third kappa shape index (κ3) is 3.24. The molecule has 0 fully saturated rings. The number of carbonyl (C=O) groups is 2. The molecule has 0 bridgehead atoms. The molecule has 0 saturated carbocycles. The number of anilines is 1. The van der Waals surface area contributed by atoms with Crippen LogP contribution in [0.3, 0.4) is 0 Å². The second-order valence-corrected chi connectivity index (χ2v) is 7.25. The van der Waals surface area contributed by atoms with Crippen molar-refractivity contribution in [3.63, 3.8) is 0 Å². The second-order valence-electron chi connectivity index (χ2n) is 5.48. The van der Waals surface area contributed by atoms with Gasteiger partial charge in [-0.25, -0.2) is 0 Å². The largest absolute Gasteiger partial charge is 0.300 e. The molecule has 1 aliphatic heterocycles. The minimum atomic E-state index is -0.477. The second kappa shape index (κ2) is 6.55. The molecule has 0 saturated heterocycles. The van der Waals surface area contributed by atoms with E-state index in [1.54, 1.807) is 12.1 Å². The maximum Gasteiger partial charge on any atom is 0.300 e. The number of halogens is 2. The van der Waals surface area contributed by atoms with Gasteiger partial charge in [0.15, 0.2) is 0 Å². The highest BCUT2D eigenvalue weighted by atomic mass is 79.9. The van der Waals surface area contributed by atoms with Crippen LogP contribution in [0.25, 0.3) is 0 Å². The number of hydrogen-bond acceptors (Lipinski definition) is 3. The summed E-state index contributed by atoms with van der Waals surface area (Å²) in [5.74, 6) is -0.931. The van der Waals surface area contributed by atoms with Crippen molar-refractivity contribution in [2.24, 2.45) is 0 Å². The van der Waals surface area contributed by atoms with Crippen LogP contribution in [-0.2, 0) is 11.3 Å². The molecule has 1 heterocycles. The zero-order chi connectivity index (χ0) is 16.6. The molecule has 3 rings (SSSR count). The van der Waals surface area contributed by atoms with Gasteiger partial charge < -0.3 is 0 Å². The van der Waals surface area contributed by atoms with Crippen molar-refractivity contribution >= 4 is 49.2 Å². The molecular weight excluding hydrogens is 424 g/mol. The van der Waals surface area contributed by atoms with Gasteiger partial charge in [-0.1, -0.05) is 34.1 Å². The molecule has 23 heavy (non-hydrogen) atoms. The Hall–Kier alpha value is -1.50. The molecule has 0 spiro atoms. The third-order valence-corrected chi connectivity index (χ3v) is 4.89. The lowest BCUT2D eigenvalue weighted by atomic mass is 10.1. The number of nitrogens with zero attached hydrogens (tertiary/aromatic N) is 2. The summed E-state index contributed by atoms with van der Waals surface area (Å²) < 4.78 is 1.69. The number of benzene rings is 2. The van der Waals surface area contributed by atoms with Crippen molar-refractivity contribution in [2.75, 3.05) is 18.6 Å². The van der Waals surface area contributed by atoms with Crippen LogP contribution < -0.4 is 4.90 Å². The zero-order valence-electron chi connectivity index (χ0n) is 12.4. The molecule has 4 nitrogen and oxygen atoms in total. The summed E-state index contributed by atoms with van der Waals surface area (Å²) in [6, 6.07) is 13.4. The molecule has 0 radical (unpaired) electrons. The first-order valence-electron chi connectivity index (χ1n) is 7.05. The quantitative estimate of drug-likeness (QED) is 0.682. The van der Waals surface area contributed by atoms with Gasteiger partial charge in [-0.15, -0.1) is 0 Å². The molecule has 0 unspecified atom stereocenters. The van der Waals surface area contributed by atoms with Crippen LogP contribution in [0.1, 0.15) is 15.9 Å². The van der Waals surface area contributed by atoms with E-state index in [2.05, 4.69) is 31.9 Å². The summed E-state index contributed by atoms with van der Waals surface area (Å²) in [4.78, 5) is 28.0. The average molecular weight is 438 g/mol. The Kier molecular flexibility index (Phi) is 4.66. The number of hydrogen-bond donors (Lipinski definition) is 0. The predicted octanol–water partition coefficient (Wildman–Crippen LogP) is 3.83. The van der Waals surface area contributed by atoms with E-state index in [4.69, 9.17) is 0 Å². The smallest absolute Gasteiger partial charge is 0.291 e. The molecule has 0 N–H and O–H groups in total. The Morgan fingerprint density at radius 2 is 1.74 bits per heavy atom. The first-order valence-corrected chi connectivity index (χ1v) is 8.63. The van der Waals surface area contributed by atoms with Gasteiger partial charge in [-0.05, 0) is 52.8 Å². The van der Waals surface area contributed by atoms with Crippen molar-refractivity contribution in [1.82, 2.24) is 4.90 Å². The maximum atomic E-state index is 12.3. The van der Waals surface area contributed by atoms with Gasteiger partial charge in [-0.2, -0.15) is 0 Å². The highest BCUT2D eigenvalue weighted by molar-refractivity contribution is 9.10. The van der Waals surface area contributed by atoms with Gasteiger partial charge in [0.2, 0.25) is 0 Å². The van der Waals surface area contributed by atoms with Crippen LogP contribution in [0.5, 0.6) is 0 Å². The zero-order valence-corrected chi connectivity index (χ0v) is 15.6. The molecule has 2 aromatic carbocycles. The molecule has 2 aromatic rings. The van der Waals surface area contributed by atoms with Crippen LogP contribution in [0.15, 0.2) is 51.4 Å². The number of carbonyl (C=O) groups excluding carboxylic acids is 2. The normalized spacial score (nSPS) is 13.8. The number of rotatable bonds is 4. The van der Waals surface area contributed by atoms with E-state index >= 15 is 0 Å². The summed E-state index contributed by atoms with van der Waals surface area (Å²) in [6.45, 7) is 1.05. The van der Waals surface area contributed by atoms with Crippen molar-refractivity contribution in [3.8, 4) is 0 Å². The first kappa shape index (κ1) is 16.4. The van der Waals surface area contributed by atoms with Crippen LogP contribution in [0, 0.1) is 0 Å². The van der Waals surface area contributed by atoms with E-state index in [1.807, 2.05) is 42.3 Å². The predicted molar refractivity (Wildman–Crippen MR) is 96.4 cm³/mol. The molecule has 0 atom stereocenters. The molecular formula is C17H14Br2N2O2. The molecule has 118 valence electrons. The number of Topliss-reactive ketones (excluding diaryl/α,β-unsaturated/α-hetero) is 1. The summed E-state index contributed by atoms with van der Waals surface area (Å²) in [6.07, 6.45) is 0. The van der Waals surface area contributed by atoms with Gasteiger partial charge in [0.25, 0.3) is 5.78 Å². The van der Waals surface area contributed by atoms with E-state index in [-0.39, 0.29) is 0 Å². The summed E-state index contributed by atoms with van der Waals surface area (Å²) in [5, 5.41) is 0. The van der Waals surface area contributed by atoms with Crippen molar-refractivity contribution in [1.29, 1.82) is 0 Å². The van der Waals surface area contributed by atoms with Crippen LogP contribution in [0.4, 0.5) is 5.69 Å². The molecule has 1 amide bonds. The third-order valence-electron chi connectivity index (χ3n) is 3.70. The van der Waals surface area contributed by atoms with Crippen molar-refractivity contribution in [3.05, 3.63) is 62.5 Å². The highest BCUT2D eigenvalue weighted by Crippen LogP contribution is 2.34. The van der Waals surface area contributed by atoms with Gasteiger partial charge in [0, 0.05) is 15.5 Å². The van der Waals surface area contributed by atoms with E-state index in [1.165, 1.54) is 4.90 Å². The van der Waals surface area contributed by atoms with E-state index in [9.17, 15) is 9.59 Å². The van der Waals surface area contributed by atoms with Crippen molar-refractivity contribution in [2.45, 2.75) is 6.54 Å². The minimum Gasteiger partial charge on any atom is -0.291 e. The maximum absolute atomic E-state index is 12.3. The Morgan fingerprint density at radius 1 is 1.04 bits per heavy atom. The fourth-order valence-corrected chi connectivity index (χ4v) is 3.43. The lowest BCUT2D eigenvalue weighted by Crippen LogP contribution is -2.38. The minimum absolute atomic E-state index is 0.365. The lowest BCUT2D eigenvalue weighted by molar-refractivity contribution is -0.114. The van der Waals surface area contributed by atoms with Crippen molar-refractivity contribution < 1.29 is 9.59 Å². The standard InChI is InChI=1S/C17H14Br2N2O2/c1-20(9-11-5-7-12(18)8-6-11)10-21-14-4-2-3-13(19)15(14)16(22)17(21)23/h2-8H,9-10H2,1H3. The van der Waals surface area contributed by atoms with Gasteiger partial charge in [-0.3, -0.25) is 19.4 Å². The summed E-state index contributed by atoms with van der Waals surface area (Å²) in [7, 11) is 1.93. The highest BCUT2D eigenvalue weighted by Gasteiger charge is 2.37. The number of fused-ring (bicyclic) bond motifs is 1. The molecule has 6 heteroatoms. The van der Waals surface area contributed by atoms with E-state index in [0.29, 0.717) is 28.9 Å². The van der Waals surface area contributed by atoms with Gasteiger partial charge >= 0.3 is 5.91 Å². The van der Waals surface area contributed by atoms with Crippen LogP contribution >= 0.6 is 31.9 Å². The number of amides is 1.